The third kappa shape index (κ3) is 3.36. The normalized spacial score (nSPS) is 19.5. The minimum atomic E-state index is -1.08. The van der Waals surface area contributed by atoms with Gasteiger partial charge >= 0.3 is 7.12 Å². The summed E-state index contributed by atoms with van der Waals surface area (Å²) < 4.78 is 40.5. The molecule has 0 bridgehead atoms. The quantitative estimate of drug-likeness (QED) is 0.796. The molecule has 1 fully saturated rings. The van der Waals surface area contributed by atoms with Gasteiger partial charge in [0, 0.05) is 0 Å². The van der Waals surface area contributed by atoms with Crippen molar-refractivity contribution in [2.24, 2.45) is 0 Å². The lowest BCUT2D eigenvalue weighted by molar-refractivity contribution is 0.00578. The fourth-order valence-corrected chi connectivity index (χ4v) is 2.50. The van der Waals surface area contributed by atoms with Gasteiger partial charge in [-0.1, -0.05) is 5.21 Å². The molecule has 0 saturated carbocycles. The average molecular weight is 347 g/mol. The zero-order valence-corrected chi connectivity index (χ0v) is 14.9. The van der Waals surface area contributed by atoms with Crippen LogP contribution in [0.2, 0.25) is 0 Å². The molecule has 0 atom stereocenters. The maximum atomic E-state index is 14.5. The summed E-state index contributed by atoms with van der Waals surface area (Å²) in [4.78, 5) is 0. The molecular weight excluding hydrogens is 327 g/mol. The molecule has 1 saturated heterocycles. The third-order valence-electron chi connectivity index (χ3n) is 4.68. The molecule has 0 unspecified atom stereocenters. The van der Waals surface area contributed by atoms with Crippen molar-refractivity contribution in [3.8, 4) is 5.69 Å². The molecule has 0 N–H and O–H groups in total. The van der Waals surface area contributed by atoms with Gasteiger partial charge in [0.25, 0.3) is 0 Å². The first-order valence-electron chi connectivity index (χ1n) is 8.01. The highest BCUT2D eigenvalue weighted by Crippen LogP contribution is 2.39. The zero-order chi connectivity index (χ0) is 18.4. The average Bonchev–Trinajstić information content (AvgIpc) is 3.01. The predicted octanol–water partition coefficient (Wildman–Crippen LogP) is 3.66. The van der Waals surface area contributed by atoms with Crippen molar-refractivity contribution in [1.29, 1.82) is 0 Å². The molecular formula is C17H20BF2N3O2. The Bertz CT molecular complexity index is 817. The summed E-state index contributed by atoms with van der Waals surface area (Å²) in [6.07, 6.45) is 2.79. The largest absolute Gasteiger partial charge is 0.525 e. The smallest absolute Gasteiger partial charge is 0.398 e. The van der Waals surface area contributed by atoms with Crippen molar-refractivity contribution in [2.75, 3.05) is 0 Å². The number of aryl methyl sites for hydroxylation is 1. The van der Waals surface area contributed by atoms with Crippen LogP contribution in [-0.4, -0.2) is 33.3 Å². The summed E-state index contributed by atoms with van der Waals surface area (Å²) in [5.41, 5.74) is -0.133. The van der Waals surface area contributed by atoms with Gasteiger partial charge in [0.1, 0.15) is 17.2 Å². The van der Waals surface area contributed by atoms with Gasteiger partial charge < -0.3 is 9.31 Å². The zero-order valence-electron chi connectivity index (χ0n) is 14.9. The van der Waals surface area contributed by atoms with Crippen LogP contribution in [0, 0.1) is 12.7 Å². The fraction of sp³-hybridized carbons (Fsp3) is 0.412. The standard InChI is InChI=1S/C17H20BF2N3O2/c1-11-8-12(19)6-7-14(11)23-10-13(21-22-23)9-15(20)18-24-16(2,3)17(4,5)25-18/h6-10H,1-5H3. The molecule has 2 heterocycles. The number of halogens is 2. The van der Waals surface area contributed by atoms with Crippen LogP contribution in [0.5, 0.6) is 0 Å². The second-order valence-corrected chi connectivity index (χ2v) is 7.14. The van der Waals surface area contributed by atoms with Gasteiger partial charge in [-0.25, -0.2) is 13.5 Å². The summed E-state index contributed by atoms with van der Waals surface area (Å²) in [6, 6.07) is 4.33. The van der Waals surface area contributed by atoms with Gasteiger partial charge in [-0.3, -0.25) is 0 Å². The number of rotatable bonds is 3. The van der Waals surface area contributed by atoms with Crippen LogP contribution in [0.1, 0.15) is 39.0 Å². The van der Waals surface area contributed by atoms with Gasteiger partial charge in [-0.05, 0) is 64.5 Å². The van der Waals surface area contributed by atoms with Crippen LogP contribution in [0.3, 0.4) is 0 Å². The Morgan fingerprint density at radius 2 is 1.84 bits per heavy atom. The molecule has 1 aliphatic heterocycles. The molecule has 8 heteroatoms. The molecule has 1 aromatic heterocycles. The monoisotopic (exact) mass is 347 g/mol. The van der Waals surface area contributed by atoms with Crippen LogP contribution in [0.25, 0.3) is 11.8 Å². The Labute approximate surface area is 145 Å². The summed E-state index contributed by atoms with van der Waals surface area (Å²) >= 11 is 0. The maximum Gasteiger partial charge on any atom is 0.525 e. The lowest BCUT2D eigenvalue weighted by Gasteiger charge is -2.32. The molecule has 5 nitrogen and oxygen atoms in total. The molecule has 25 heavy (non-hydrogen) atoms. The molecule has 0 spiro atoms. The van der Waals surface area contributed by atoms with Gasteiger partial charge in [0.15, 0.2) is 0 Å². The van der Waals surface area contributed by atoms with E-state index in [9.17, 15) is 8.78 Å². The molecule has 3 rings (SSSR count). The lowest BCUT2D eigenvalue weighted by Crippen LogP contribution is -2.41. The van der Waals surface area contributed by atoms with E-state index < -0.39 is 24.0 Å². The highest BCUT2D eigenvalue weighted by Gasteiger charge is 2.53. The van der Waals surface area contributed by atoms with E-state index in [-0.39, 0.29) is 5.82 Å². The highest BCUT2D eigenvalue weighted by atomic mass is 19.1. The van der Waals surface area contributed by atoms with E-state index in [0.29, 0.717) is 16.9 Å². The Balaban J connectivity index is 1.82. The second-order valence-electron chi connectivity index (χ2n) is 7.14. The van der Waals surface area contributed by atoms with Crippen LogP contribution in [-0.2, 0) is 9.31 Å². The summed E-state index contributed by atoms with van der Waals surface area (Å²) in [5.74, 6) is -0.326. The van der Waals surface area contributed by atoms with Crippen molar-refractivity contribution in [3.63, 3.8) is 0 Å². The highest BCUT2D eigenvalue weighted by molar-refractivity contribution is 6.54. The number of nitrogens with zero attached hydrogens (tertiary/aromatic N) is 3. The first kappa shape index (κ1) is 17.8. The second kappa shape index (κ2) is 6.03. The summed E-state index contributed by atoms with van der Waals surface area (Å²) in [6.45, 7) is 9.18. The number of hydrogen-bond acceptors (Lipinski definition) is 4. The molecule has 2 aromatic rings. The SMILES string of the molecule is Cc1cc(F)ccc1-n1cc(C=C(F)B2OC(C)(C)C(C)(C)O2)nn1. The minimum absolute atomic E-state index is 0.316. The third-order valence-corrected chi connectivity index (χ3v) is 4.68. The molecule has 0 radical (unpaired) electrons. The van der Waals surface area contributed by atoms with Gasteiger partial charge in [-0.15, -0.1) is 5.10 Å². The van der Waals surface area contributed by atoms with E-state index in [1.54, 1.807) is 19.2 Å². The Hall–Kier alpha value is -2.06. The minimum Gasteiger partial charge on any atom is -0.398 e. The van der Waals surface area contributed by atoms with Crippen molar-refractivity contribution in [1.82, 2.24) is 15.0 Å². The number of aromatic nitrogens is 3. The van der Waals surface area contributed by atoms with Crippen LogP contribution < -0.4 is 0 Å². The van der Waals surface area contributed by atoms with E-state index >= 15 is 0 Å². The number of benzene rings is 1. The van der Waals surface area contributed by atoms with Gasteiger partial charge in [0.05, 0.1) is 23.1 Å². The van der Waals surface area contributed by atoms with Crippen molar-refractivity contribution >= 4 is 13.2 Å². The molecule has 1 aliphatic rings. The predicted molar refractivity (Wildman–Crippen MR) is 91.2 cm³/mol. The fourth-order valence-electron chi connectivity index (χ4n) is 2.50. The van der Waals surface area contributed by atoms with Crippen LogP contribution >= 0.6 is 0 Å². The van der Waals surface area contributed by atoms with Crippen molar-refractivity contribution in [2.45, 2.75) is 45.8 Å². The van der Waals surface area contributed by atoms with E-state index in [1.807, 2.05) is 27.7 Å². The topological polar surface area (TPSA) is 49.2 Å². The lowest BCUT2D eigenvalue weighted by atomic mass is 9.87. The Morgan fingerprint density at radius 1 is 1.20 bits per heavy atom. The van der Waals surface area contributed by atoms with E-state index in [1.165, 1.54) is 22.9 Å². The van der Waals surface area contributed by atoms with Gasteiger partial charge in [-0.2, -0.15) is 0 Å². The van der Waals surface area contributed by atoms with E-state index in [2.05, 4.69) is 10.3 Å². The van der Waals surface area contributed by atoms with Gasteiger partial charge in [0.2, 0.25) is 0 Å². The molecule has 0 aliphatic carbocycles. The Kier molecular flexibility index (Phi) is 4.29. The first-order chi connectivity index (χ1) is 11.6. The summed E-state index contributed by atoms with van der Waals surface area (Å²) in [5, 5.41) is 7.90. The van der Waals surface area contributed by atoms with Crippen LogP contribution in [0.4, 0.5) is 8.78 Å². The van der Waals surface area contributed by atoms with E-state index in [4.69, 9.17) is 9.31 Å². The number of hydrogen-bond donors (Lipinski definition) is 0. The molecule has 0 amide bonds. The maximum absolute atomic E-state index is 14.5. The van der Waals surface area contributed by atoms with Crippen molar-refractivity contribution < 1.29 is 18.1 Å². The Morgan fingerprint density at radius 3 is 2.44 bits per heavy atom. The van der Waals surface area contributed by atoms with E-state index in [0.717, 1.165) is 0 Å². The molecule has 132 valence electrons. The summed E-state index contributed by atoms with van der Waals surface area (Å²) in [7, 11) is -1.08. The first-order valence-corrected chi connectivity index (χ1v) is 8.01. The van der Waals surface area contributed by atoms with Crippen molar-refractivity contribution in [3.05, 3.63) is 47.2 Å². The van der Waals surface area contributed by atoms with Crippen LogP contribution in [0.15, 0.2) is 30.1 Å². The molecule has 1 aromatic carbocycles.